The molecule has 0 amide bonds. The van der Waals surface area contributed by atoms with Crippen molar-refractivity contribution < 1.29 is 9.47 Å². The van der Waals surface area contributed by atoms with Crippen LogP contribution in [0.4, 0.5) is 0 Å². The maximum absolute atomic E-state index is 5.96. The van der Waals surface area contributed by atoms with Gasteiger partial charge >= 0.3 is 0 Å². The number of hydrogen-bond donors (Lipinski definition) is 1. The fourth-order valence-electron chi connectivity index (χ4n) is 1.29. The predicted molar refractivity (Wildman–Crippen MR) is 67.3 cm³/mol. The molecule has 1 aromatic heterocycles. The Bertz CT molecular complexity index is 494. The number of rotatable bonds is 4. The Kier molecular flexibility index (Phi) is 3.81. The summed E-state index contributed by atoms with van der Waals surface area (Å²) in [6.07, 6.45) is 1.64. The van der Waals surface area contributed by atoms with Gasteiger partial charge in [0, 0.05) is 17.2 Å². The van der Waals surface area contributed by atoms with Gasteiger partial charge in [-0.2, -0.15) is 5.10 Å². The molecule has 0 aliphatic heterocycles. The first kappa shape index (κ1) is 12.1. The molecular weight excluding hydrogens is 260 g/mol. The molecule has 6 heteroatoms. The summed E-state index contributed by atoms with van der Waals surface area (Å²) < 4.78 is 10.4. The molecule has 0 saturated heterocycles. The zero-order valence-corrected chi connectivity index (χ0v) is 10.9. The quantitative estimate of drug-likeness (QED) is 0.927. The van der Waals surface area contributed by atoms with Gasteiger partial charge in [0.25, 0.3) is 0 Å². The monoisotopic (exact) mass is 270 g/mol. The molecule has 0 atom stereocenters. The van der Waals surface area contributed by atoms with E-state index in [1.165, 1.54) is 11.8 Å². The molecule has 0 radical (unpaired) electrons. The molecule has 1 heterocycles. The van der Waals surface area contributed by atoms with Crippen molar-refractivity contribution in [1.82, 2.24) is 10.2 Å². The number of H-pyrrole nitrogens is 1. The highest BCUT2D eigenvalue weighted by Crippen LogP contribution is 2.35. The van der Waals surface area contributed by atoms with E-state index < -0.39 is 0 Å². The zero-order chi connectivity index (χ0) is 12.3. The standard InChI is InChI=1S/C11H11ClN2O2S/c1-15-7-3-8(16-2)5-9(4-7)17-11-10(12)6-13-14-11/h3-6H,1-2H3,(H,13,14). The lowest BCUT2D eigenvalue weighted by Crippen LogP contribution is -1.88. The van der Waals surface area contributed by atoms with Crippen molar-refractivity contribution >= 4 is 23.4 Å². The molecule has 0 aliphatic carbocycles. The molecule has 0 bridgehead atoms. The van der Waals surface area contributed by atoms with E-state index in [4.69, 9.17) is 21.1 Å². The van der Waals surface area contributed by atoms with Gasteiger partial charge in [0.1, 0.15) is 16.5 Å². The first-order valence-electron chi connectivity index (χ1n) is 4.83. The maximum Gasteiger partial charge on any atom is 0.141 e. The van der Waals surface area contributed by atoms with Crippen LogP contribution in [0.3, 0.4) is 0 Å². The minimum atomic E-state index is 0.594. The molecule has 90 valence electrons. The van der Waals surface area contributed by atoms with Crippen LogP contribution in [-0.4, -0.2) is 24.4 Å². The number of nitrogens with one attached hydrogen (secondary N) is 1. The second kappa shape index (κ2) is 5.33. The van der Waals surface area contributed by atoms with E-state index in [0.29, 0.717) is 5.02 Å². The lowest BCUT2D eigenvalue weighted by Gasteiger charge is -2.07. The van der Waals surface area contributed by atoms with E-state index in [2.05, 4.69) is 10.2 Å². The fraction of sp³-hybridized carbons (Fsp3) is 0.182. The Balaban J connectivity index is 2.29. The number of halogens is 1. The highest BCUT2D eigenvalue weighted by atomic mass is 35.5. The molecule has 1 aromatic carbocycles. The van der Waals surface area contributed by atoms with E-state index in [1.54, 1.807) is 20.4 Å². The molecule has 0 aliphatic rings. The van der Waals surface area contributed by atoms with E-state index in [0.717, 1.165) is 21.4 Å². The molecule has 2 aromatic rings. The van der Waals surface area contributed by atoms with Crippen LogP contribution in [0.5, 0.6) is 11.5 Å². The Morgan fingerprint density at radius 3 is 2.29 bits per heavy atom. The molecule has 4 nitrogen and oxygen atoms in total. The molecule has 17 heavy (non-hydrogen) atoms. The van der Waals surface area contributed by atoms with Crippen LogP contribution < -0.4 is 9.47 Å². The average Bonchev–Trinajstić information content (AvgIpc) is 2.74. The highest BCUT2D eigenvalue weighted by Gasteiger charge is 2.08. The second-order valence-corrected chi connectivity index (χ2v) is 4.66. The number of aromatic nitrogens is 2. The van der Waals surface area contributed by atoms with Crippen LogP contribution in [0, 0.1) is 0 Å². The van der Waals surface area contributed by atoms with Crippen molar-refractivity contribution in [2.75, 3.05) is 14.2 Å². The number of benzene rings is 1. The molecule has 1 N–H and O–H groups in total. The number of nitrogens with zero attached hydrogens (tertiary/aromatic N) is 1. The van der Waals surface area contributed by atoms with Crippen molar-refractivity contribution in [3.8, 4) is 11.5 Å². The van der Waals surface area contributed by atoms with Gasteiger partial charge in [0.05, 0.1) is 19.2 Å². The van der Waals surface area contributed by atoms with Gasteiger partial charge in [-0.05, 0) is 12.1 Å². The Hall–Kier alpha value is -1.33. The second-order valence-electron chi connectivity index (χ2n) is 3.19. The average molecular weight is 271 g/mol. The molecule has 0 spiro atoms. The summed E-state index contributed by atoms with van der Waals surface area (Å²) in [7, 11) is 3.23. The molecule has 0 unspecified atom stereocenters. The van der Waals surface area contributed by atoms with Crippen LogP contribution in [0.15, 0.2) is 34.3 Å². The highest BCUT2D eigenvalue weighted by molar-refractivity contribution is 7.99. The Morgan fingerprint density at radius 1 is 1.18 bits per heavy atom. The number of methoxy groups -OCH3 is 2. The van der Waals surface area contributed by atoms with Gasteiger partial charge in [-0.15, -0.1) is 0 Å². The first-order valence-corrected chi connectivity index (χ1v) is 6.02. The number of hydrogen-bond acceptors (Lipinski definition) is 4. The molecule has 0 saturated carbocycles. The summed E-state index contributed by atoms with van der Waals surface area (Å²) in [5.41, 5.74) is 0. The lowest BCUT2D eigenvalue weighted by molar-refractivity contribution is 0.392. The largest absolute Gasteiger partial charge is 0.497 e. The summed E-state index contributed by atoms with van der Waals surface area (Å²) >= 11 is 7.41. The number of aromatic amines is 1. The zero-order valence-electron chi connectivity index (χ0n) is 9.36. The number of ether oxygens (including phenoxy) is 2. The van der Waals surface area contributed by atoms with Crippen molar-refractivity contribution in [2.45, 2.75) is 9.92 Å². The van der Waals surface area contributed by atoms with Gasteiger partial charge in [-0.1, -0.05) is 23.4 Å². The summed E-state index contributed by atoms with van der Waals surface area (Å²) in [6.45, 7) is 0. The lowest BCUT2D eigenvalue weighted by atomic mass is 10.3. The van der Waals surface area contributed by atoms with Crippen molar-refractivity contribution in [1.29, 1.82) is 0 Å². The van der Waals surface area contributed by atoms with Gasteiger partial charge in [0.2, 0.25) is 0 Å². The van der Waals surface area contributed by atoms with Gasteiger partial charge in [-0.25, -0.2) is 0 Å². The van der Waals surface area contributed by atoms with E-state index in [9.17, 15) is 0 Å². The fourth-order valence-corrected chi connectivity index (χ4v) is 2.32. The van der Waals surface area contributed by atoms with E-state index in [-0.39, 0.29) is 0 Å². The molecule has 0 fully saturated rings. The molecule has 2 rings (SSSR count). The first-order chi connectivity index (χ1) is 8.22. The van der Waals surface area contributed by atoms with Gasteiger partial charge in [0.15, 0.2) is 0 Å². The summed E-state index contributed by atoms with van der Waals surface area (Å²) in [6, 6.07) is 5.62. The van der Waals surface area contributed by atoms with Crippen LogP contribution in [0.2, 0.25) is 5.02 Å². The van der Waals surface area contributed by atoms with Crippen LogP contribution in [0.1, 0.15) is 0 Å². The van der Waals surface area contributed by atoms with Gasteiger partial charge in [-0.3, -0.25) is 5.10 Å². The molecular formula is C11H11ClN2O2S. The minimum Gasteiger partial charge on any atom is -0.497 e. The van der Waals surface area contributed by atoms with Crippen molar-refractivity contribution in [3.05, 3.63) is 29.4 Å². The Labute approximate surface area is 108 Å². The van der Waals surface area contributed by atoms with E-state index in [1.807, 2.05) is 18.2 Å². The summed E-state index contributed by atoms with van der Waals surface area (Å²) in [5.74, 6) is 1.47. The van der Waals surface area contributed by atoms with E-state index >= 15 is 0 Å². The smallest absolute Gasteiger partial charge is 0.141 e. The van der Waals surface area contributed by atoms with Crippen LogP contribution in [-0.2, 0) is 0 Å². The normalized spacial score (nSPS) is 10.3. The predicted octanol–water partition coefficient (Wildman–Crippen LogP) is 3.23. The third-order valence-corrected chi connectivity index (χ3v) is 3.48. The van der Waals surface area contributed by atoms with Crippen molar-refractivity contribution in [3.63, 3.8) is 0 Å². The Morgan fingerprint density at radius 2 is 1.82 bits per heavy atom. The summed E-state index contributed by atoms with van der Waals surface area (Å²) in [5, 5.41) is 8.07. The van der Waals surface area contributed by atoms with Crippen molar-refractivity contribution in [2.24, 2.45) is 0 Å². The maximum atomic E-state index is 5.96. The third-order valence-electron chi connectivity index (χ3n) is 2.10. The minimum absolute atomic E-state index is 0.594. The topological polar surface area (TPSA) is 47.1 Å². The van der Waals surface area contributed by atoms with Crippen LogP contribution >= 0.6 is 23.4 Å². The van der Waals surface area contributed by atoms with Crippen LogP contribution in [0.25, 0.3) is 0 Å². The SMILES string of the molecule is COc1cc(OC)cc(Sc2n[nH]cc2Cl)c1. The van der Waals surface area contributed by atoms with Gasteiger partial charge < -0.3 is 9.47 Å². The third kappa shape index (κ3) is 2.87. The summed E-state index contributed by atoms with van der Waals surface area (Å²) in [4.78, 5) is 0.954.